The van der Waals surface area contributed by atoms with Crippen LogP contribution in [0.1, 0.15) is 17.3 Å². The van der Waals surface area contributed by atoms with Gasteiger partial charge in [-0.2, -0.15) is 30.4 Å². The largest absolute Gasteiger partial charge is 0.426 e. The van der Waals surface area contributed by atoms with Crippen molar-refractivity contribution in [2.45, 2.75) is 24.5 Å². The molecule has 0 heterocycles. The fraction of sp³-hybridized carbons (Fsp3) is 0.333. The summed E-state index contributed by atoms with van der Waals surface area (Å²) in [5.41, 5.74) is -0.601. The number of hydrogen-bond donors (Lipinski definition) is 0. The zero-order valence-electron chi connectivity index (χ0n) is 11.3. The lowest BCUT2D eigenvalue weighted by molar-refractivity contribution is -0.180. The molecule has 23 heavy (non-hydrogen) atoms. The van der Waals surface area contributed by atoms with Gasteiger partial charge in [-0.15, -0.1) is 0 Å². The van der Waals surface area contributed by atoms with Crippen molar-refractivity contribution in [3.05, 3.63) is 35.9 Å². The summed E-state index contributed by atoms with van der Waals surface area (Å²) in [7, 11) is -6.32. The smallest absolute Gasteiger partial charge is 0.292 e. The molecule has 1 aromatic rings. The van der Waals surface area contributed by atoms with Crippen LogP contribution in [0.15, 0.2) is 30.3 Å². The number of alkyl halides is 5. The number of ketones is 2. The lowest BCUT2D eigenvalue weighted by Crippen LogP contribution is -2.46. The molecule has 128 valence electrons. The van der Waals surface area contributed by atoms with Crippen molar-refractivity contribution in [3.8, 4) is 0 Å². The number of hydrogen-bond acceptors (Lipinski definition) is 5. The van der Waals surface area contributed by atoms with Gasteiger partial charge in [0.25, 0.3) is 0 Å². The summed E-state index contributed by atoms with van der Waals surface area (Å²) in [5, 5.41) is -5.21. The maximum absolute atomic E-state index is 13.2. The van der Waals surface area contributed by atoms with Gasteiger partial charge in [0.05, 0.1) is 0 Å². The molecular weight excluding hydrogens is 351 g/mol. The van der Waals surface area contributed by atoms with E-state index in [1.807, 2.05) is 0 Å². The third kappa shape index (κ3) is 4.10. The van der Waals surface area contributed by atoms with Crippen LogP contribution in [0.2, 0.25) is 0 Å². The van der Waals surface area contributed by atoms with Crippen molar-refractivity contribution in [2.24, 2.45) is 0 Å². The lowest BCUT2D eigenvalue weighted by Gasteiger charge is -2.21. The Kier molecular flexibility index (Phi) is 5.27. The lowest BCUT2D eigenvalue weighted by atomic mass is 10.1. The Balaban J connectivity index is 3.26. The highest BCUT2D eigenvalue weighted by Crippen LogP contribution is 2.32. The zero-order valence-corrected chi connectivity index (χ0v) is 12.1. The van der Waals surface area contributed by atoms with Crippen LogP contribution < -0.4 is 0 Å². The molecule has 0 amide bonds. The standard InChI is InChI=1S/C12H9F5O5S/c1-7(18)12(16,17)23(20,21)22-10(11(13,14)15)9(19)8-5-3-2-4-6-8/h2-6,10H,1H3. The summed E-state index contributed by atoms with van der Waals surface area (Å²) in [4.78, 5) is 22.3. The van der Waals surface area contributed by atoms with E-state index in [1.165, 1.54) is 18.2 Å². The minimum atomic E-state index is -6.32. The summed E-state index contributed by atoms with van der Waals surface area (Å²) in [6, 6.07) is 5.56. The number of halogens is 5. The first-order valence-corrected chi connectivity index (χ1v) is 7.19. The van der Waals surface area contributed by atoms with Gasteiger partial charge in [0, 0.05) is 12.5 Å². The van der Waals surface area contributed by atoms with Crippen molar-refractivity contribution in [2.75, 3.05) is 0 Å². The third-order valence-corrected chi connectivity index (χ3v) is 3.90. The number of Topliss-reactive ketones (excluding diaryl/α,β-unsaturated/α-hetero) is 2. The molecule has 0 aliphatic rings. The molecule has 0 spiro atoms. The maximum Gasteiger partial charge on any atom is 0.426 e. The van der Waals surface area contributed by atoms with Crippen molar-refractivity contribution in [1.29, 1.82) is 0 Å². The van der Waals surface area contributed by atoms with E-state index in [2.05, 4.69) is 4.18 Å². The van der Waals surface area contributed by atoms with Gasteiger partial charge >= 0.3 is 21.5 Å². The van der Waals surface area contributed by atoms with Crippen LogP contribution in [0, 0.1) is 0 Å². The van der Waals surface area contributed by atoms with Crippen LogP contribution in [-0.4, -0.2) is 37.5 Å². The molecule has 1 atom stereocenters. The van der Waals surface area contributed by atoms with Crippen molar-refractivity contribution in [3.63, 3.8) is 0 Å². The molecule has 0 radical (unpaired) electrons. The van der Waals surface area contributed by atoms with Gasteiger partial charge in [0.15, 0.2) is 0 Å². The summed E-state index contributed by atoms with van der Waals surface area (Å²) < 4.78 is 90.8. The first-order valence-electron chi connectivity index (χ1n) is 5.78. The first-order chi connectivity index (χ1) is 10.3. The van der Waals surface area contributed by atoms with Gasteiger partial charge in [0.1, 0.15) is 0 Å². The summed E-state index contributed by atoms with van der Waals surface area (Å²) in [5.74, 6) is -4.13. The predicted octanol–water partition coefficient (Wildman–Crippen LogP) is 2.33. The van der Waals surface area contributed by atoms with Gasteiger partial charge in [-0.1, -0.05) is 30.3 Å². The fourth-order valence-electron chi connectivity index (χ4n) is 1.36. The van der Waals surface area contributed by atoms with Crippen molar-refractivity contribution in [1.82, 2.24) is 0 Å². The van der Waals surface area contributed by atoms with E-state index in [4.69, 9.17) is 0 Å². The van der Waals surface area contributed by atoms with Crippen LogP contribution in [0.25, 0.3) is 0 Å². The van der Waals surface area contributed by atoms with Crippen LogP contribution in [0.3, 0.4) is 0 Å². The minimum absolute atomic E-state index is 0.155. The third-order valence-electron chi connectivity index (χ3n) is 2.54. The average Bonchev–Trinajstić information content (AvgIpc) is 2.43. The Morgan fingerprint density at radius 1 is 1.04 bits per heavy atom. The molecule has 0 bridgehead atoms. The fourth-order valence-corrected chi connectivity index (χ4v) is 2.29. The van der Waals surface area contributed by atoms with Crippen LogP contribution >= 0.6 is 0 Å². The second kappa shape index (κ2) is 6.32. The first kappa shape index (κ1) is 19.2. The summed E-state index contributed by atoms with van der Waals surface area (Å²) in [6.45, 7) is 0.155. The second-order valence-electron chi connectivity index (χ2n) is 4.28. The molecule has 0 saturated carbocycles. The average molecular weight is 360 g/mol. The van der Waals surface area contributed by atoms with E-state index in [0.29, 0.717) is 0 Å². The second-order valence-corrected chi connectivity index (χ2v) is 5.89. The summed E-state index contributed by atoms with van der Waals surface area (Å²) in [6.07, 6.45) is -9.28. The minimum Gasteiger partial charge on any atom is -0.292 e. The van der Waals surface area contributed by atoms with E-state index in [-0.39, 0.29) is 6.92 Å². The van der Waals surface area contributed by atoms with Gasteiger partial charge < -0.3 is 0 Å². The van der Waals surface area contributed by atoms with E-state index in [9.17, 15) is 40.0 Å². The normalized spacial score (nSPS) is 14.3. The van der Waals surface area contributed by atoms with Crippen molar-refractivity contribution < 1.29 is 44.1 Å². The number of benzene rings is 1. The molecule has 0 saturated heterocycles. The molecule has 1 aromatic carbocycles. The maximum atomic E-state index is 13.2. The summed E-state index contributed by atoms with van der Waals surface area (Å²) >= 11 is 0. The molecule has 0 aliphatic carbocycles. The van der Waals surface area contributed by atoms with Crippen molar-refractivity contribution >= 4 is 21.7 Å². The SMILES string of the molecule is CC(=O)C(F)(F)S(=O)(=O)OC(C(=O)c1ccccc1)C(F)(F)F. The van der Waals surface area contributed by atoms with E-state index < -0.39 is 44.8 Å². The molecule has 0 fully saturated rings. The highest BCUT2D eigenvalue weighted by atomic mass is 32.2. The number of rotatable bonds is 6. The van der Waals surface area contributed by atoms with E-state index in [0.717, 1.165) is 12.1 Å². The molecule has 11 heteroatoms. The number of carbonyl (C=O) groups excluding carboxylic acids is 2. The Labute approximate surface area is 127 Å². The highest BCUT2D eigenvalue weighted by molar-refractivity contribution is 7.88. The van der Waals surface area contributed by atoms with Gasteiger partial charge in [-0.3, -0.25) is 9.59 Å². The molecule has 5 nitrogen and oxygen atoms in total. The predicted molar refractivity (Wildman–Crippen MR) is 66.2 cm³/mol. The quantitative estimate of drug-likeness (QED) is 0.442. The Morgan fingerprint density at radius 2 is 1.52 bits per heavy atom. The molecule has 0 aliphatic heterocycles. The topological polar surface area (TPSA) is 77.5 Å². The van der Waals surface area contributed by atoms with Crippen LogP contribution in [-0.2, 0) is 19.1 Å². The van der Waals surface area contributed by atoms with Crippen LogP contribution in [0.5, 0.6) is 0 Å². The molecule has 0 aromatic heterocycles. The monoisotopic (exact) mass is 360 g/mol. The molecule has 1 unspecified atom stereocenters. The molecule has 0 N–H and O–H groups in total. The Morgan fingerprint density at radius 3 is 1.91 bits per heavy atom. The molecule has 1 rings (SSSR count). The Hall–Kier alpha value is -1.88. The van der Waals surface area contributed by atoms with Gasteiger partial charge in [-0.05, 0) is 0 Å². The highest BCUT2D eigenvalue weighted by Gasteiger charge is 2.57. The van der Waals surface area contributed by atoms with Gasteiger partial charge in [0.2, 0.25) is 17.7 Å². The van der Waals surface area contributed by atoms with Gasteiger partial charge in [-0.25, -0.2) is 4.18 Å². The zero-order chi connectivity index (χ0) is 18.1. The van der Waals surface area contributed by atoms with E-state index in [1.54, 1.807) is 0 Å². The number of carbonyl (C=O) groups is 2. The Bertz CT molecular complexity index is 696. The molecular formula is C12H9F5O5S. The van der Waals surface area contributed by atoms with E-state index >= 15 is 0 Å². The van der Waals surface area contributed by atoms with Crippen LogP contribution in [0.4, 0.5) is 22.0 Å².